The van der Waals surface area contributed by atoms with E-state index in [4.69, 9.17) is 42.4 Å². The van der Waals surface area contributed by atoms with Crippen LogP contribution in [0.3, 0.4) is 0 Å². The quantitative estimate of drug-likeness (QED) is 0.601. The van der Waals surface area contributed by atoms with Gasteiger partial charge in [-0.25, -0.2) is 9.78 Å². The van der Waals surface area contributed by atoms with Crippen molar-refractivity contribution in [1.82, 2.24) is 14.8 Å². The van der Waals surface area contributed by atoms with Crippen molar-refractivity contribution in [3.05, 3.63) is 33.9 Å². The van der Waals surface area contributed by atoms with Crippen LogP contribution in [0, 0.1) is 0 Å². The SMILES string of the molecule is BC(B)(B)Oc1nc2c(c(Cl)c1-c1c(O)cccc1Cl)OC[C@H]1CN(C(=O)OC(C)(C)C)CCN1C2. The molecule has 1 aromatic carbocycles. The zero-order valence-corrected chi connectivity index (χ0v) is 23.0. The maximum atomic E-state index is 12.6. The number of amides is 1. The van der Waals surface area contributed by atoms with Gasteiger partial charge in [-0.3, -0.25) is 4.90 Å². The number of carbonyl (C=O) groups excluding carboxylic acids is 1. The summed E-state index contributed by atoms with van der Waals surface area (Å²) in [6, 6.07) is 4.80. The number of halogens is 2. The van der Waals surface area contributed by atoms with Crippen molar-refractivity contribution in [2.45, 2.75) is 44.3 Å². The zero-order valence-electron chi connectivity index (χ0n) is 21.5. The molecule has 1 amide bonds. The molecule has 0 aliphatic carbocycles. The van der Waals surface area contributed by atoms with Gasteiger partial charge in [0.25, 0.3) is 0 Å². The molecule has 1 fully saturated rings. The predicted octanol–water partition coefficient (Wildman–Crippen LogP) is 1.46. The fourth-order valence-electron chi connectivity index (χ4n) is 4.28. The molecular formula is C23H30B3Cl2N3O5. The van der Waals surface area contributed by atoms with Crippen LogP contribution in [-0.2, 0) is 11.3 Å². The van der Waals surface area contributed by atoms with E-state index in [1.165, 1.54) is 6.07 Å². The molecule has 2 aliphatic heterocycles. The number of hydrogen-bond acceptors (Lipinski definition) is 7. The van der Waals surface area contributed by atoms with Gasteiger partial charge in [0.15, 0.2) is 5.75 Å². The summed E-state index contributed by atoms with van der Waals surface area (Å²) in [6.45, 7) is 7.96. The Bertz CT molecular complexity index is 1150. The maximum absolute atomic E-state index is 12.6. The Hall–Kier alpha value is -2.23. The number of benzene rings is 1. The van der Waals surface area contributed by atoms with Gasteiger partial charge in [0, 0.05) is 37.0 Å². The van der Waals surface area contributed by atoms with Crippen LogP contribution in [0.4, 0.5) is 4.79 Å². The number of phenols is 1. The minimum Gasteiger partial charge on any atom is -0.507 e. The molecule has 3 heterocycles. The van der Waals surface area contributed by atoms with Crippen LogP contribution in [0.5, 0.6) is 17.4 Å². The molecule has 2 aromatic rings. The molecule has 0 unspecified atom stereocenters. The molecule has 1 atom stereocenters. The molecule has 2 aliphatic rings. The van der Waals surface area contributed by atoms with E-state index in [9.17, 15) is 9.90 Å². The number of aromatic hydroxyl groups is 1. The minimum atomic E-state index is -0.580. The van der Waals surface area contributed by atoms with Crippen molar-refractivity contribution < 1.29 is 24.1 Å². The standard InChI is InChI=1S/C23H30B3Cl2N3O5/c1-22(2,3)36-21(33)31-8-7-30-10-14-19(34-11-12(30)9-31)18(28)17(20(29-14)35-23(24,25)26)16-13(27)5-4-6-15(16)32/h4-6,12,32H,7-11,24-26H2,1-3H3/t12-/m1/s1. The smallest absolute Gasteiger partial charge is 0.410 e. The van der Waals surface area contributed by atoms with Gasteiger partial charge in [-0.1, -0.05) is 29.3 Å². The molecule has 8 nitrogen and oxygen atoms in total. The molecule has 36 heavy (non-hydrogen) atoms. The van der Waals surface area contributed by atoms with Crippen LogP contribution in [0.1, 0.15) is 26.5 Å². The number of phenolic OH excluding ortho intramolecular Hbond substituents is 1. The summed E-state index contributed by atoms with van der Waals surface area (Å²) in [7, 11) is 5.73. The number of rotatable bonds is 3. The largest absolute Gasteiger partial charge is 0.507 e. The summed E-state index contributed by atoms with van der Waals surface area (Å²) in [5.74, 6) is 0.651. The number of carbonyl (C=O) groups is 1. The van der Waals surface area contributed by atoms with E-state index in [0.717, 1.165) is 0 Å². The molecule has 1 saturated heterocycles. The Balaban J connectivity index is 1.70. The summed E-state index contributed by atoms with van der Waals surface area (Å²) in [5, 5.41) is 10.7. The van der Waals surface area contributed by atoms with Crippen molar-refractivity contribution in [3.63, 3.8) is 0 Å². The molecule has 0 radical (unpaired) electrons. The van der Waals surface area contributed by atoms with Crippen LogP contribution < -0.4 is 9.47 Å². The highest BCUT2D eigenvalue weighted by atomic mass is 35.5. The predicted molar refractivity (Wildman–Crippen MR) is 148 cm³/mol. The summed E-state index contributed by atoms with van der Waals surface area (Å²) >= 11 is 13.4. The number of fused-ring (bicyclic) bond motifs is 2. The summed E-state index contributed by atoms with van der Waals surface area (Å²) in [5.41, 5.74) is 0.776. The number of nitrogens with zero attached hydrogens (tertiary/aromatic N) is 3. The molecule has 0 bridgehead atoms. The molecule has 0 spiro atoms. The molecular weight excluding hydrogens is 502 g/mol. The number of ether oxygens (including phenoxy) is 3. The van der Waals surface area contributed by atoms with E-state index in [0.29, 0.717) is 60.4 Å². The molecule has 0 saturated carbocycles. The van der Waals surface area contributed by atoms with E-state index >= 15 is 0 Å². The van der Waals surface area contributed by atoms with Crippen LogP contribution in [0.2, 0.25) is 10.0 Å². The lowest BCUT2D eigenvalue weighted by Crippen LogP contribution is -2.56. The number of aromatic nitrogens is 1. The van der Waals surface area contributed by atoms with Gasteiger partial charge in [-0.05, 0) is 32.9 Å². The fourth-order valence-corrected chi connectivity index (χ4v) is 4.88. The van der Waals surface area contributed by atoms with Crippen molar-refractivity contribution in [3.8, 4) is 28.5 Å². The topological polar surface area (TPSA) is 84.4 Å². The molecule has 1 aromatic heterocycles. The lowest BCUT2D eigenvalue weighted by molar-refractivity contribution is -0.00164. The summed E-state index contributed by atoms with van der Waals surface area (Å²) in [6.07, 6.45) is -0.336. The van der Waals surface area contributed by atoms with Gasteiger partial charge in [0.2, 0.25) is 5.88 Å². The average Bonchev–Trinajstić information content (AvgIpc) is 2.92. The van der Waals surface area contributed by atoms with E-state index in [1.807, 2.05) is 44.3 Å². The first-order valence-corrected chi connectivity index (χ1v) is 12.7. The van der Waals surface area contributed by atoms with Gasteiger partial charge in [0.05, 0.1) is 21.7 Å². The Morgan fingerprint density at radius 1 is 1.19 bits per heavy atom. The number of pyridine rings is 1. The molecule has 4 rings (SSSR count). The average molecular weight is 532 g/mol. The highest BCUT2D eigenvalue weighted by molar-refractivity contribution is 6.58. The number of piperazine rings is 1. The van der Waals surface area contributed by atoms with E-state index in [-0.39, 0.29) is 28.8 Å². The molecule has 190 valence electrons. The first kappa shape index (κ1) is 26.8. The van der Waals surface area contributed by atoms with Gasteiger partial charge < -0.3 is 24.2 Å². The Labute approximate surface area is 224 Å². The van der Waals surface area contributed by atoms with Crippen LogP contribution in [0.15, 0.2) is 18.2 Å². The normalized spacial score (nSPS) is 18.5. The molecule has 1 N–H and O–H groups in total. The minimum absolute atomic E-state index is 0.0380. The second-order valence-electron chi connectivity index (χ2n) is 11.1. The van der Waals surface area contributed by atoms with E-state index < -0.39 is 10.9 Å². The lowest BCUT2D eigenvalue weighted by atomic mass is 9.52. The third-order valence-electron chi connectivity index (χ3n) is 5.81. The summed E-state index contributed by atoms with van der Waals surface area (Å²) in [4.78, 5) is 21.4. The Morgan fingerprint density at radius 2 is 1.92 bits per heavy atom. The highest BCUT2D eigenvalue weighted by Crippen LogP contribution is 2.49. The van der Waals surface area contributed by atoms with Gasteiger partial charge in [-0.15, -0.1) is 0 Å². The van der Waals surface area contributed by atoms with E-state index in [2.05, 4.69) is 4.90 Å². The second kappa shape index (κ2) is 9.91. The first-order chi connectivity index (χ1) is 16.7. The van der Waals surface area contributed by atoms with Crippen molar-refractivity contribution in [2.24, 2.45) is 0 Å². The maximum Gasteiger partial charge on any atom is 0.410 e. The van der Waals surface area contributed by atoms with Gasteiger partial charge in [-0.2, -0.15) is 0 Å². The van der Waals surface area contributed by atoms with Crippen molar-refractivity contribution in [2.75, 3.05) is 26.2 Å². The Kier molecular flexibility index (Phi) is 7.39. The third-order valence-corrected chi connectivity index (χ3v) is 6.48. The zero-order chi connectivity index (χ0) is 26.4. The van der Waals surface area contributed by atoms with Crippen LogP contribution in [-0.4, -0.2) is 92.7 Å². The van der Waals surface area contributed by atoms with Gasteiger partial charge >= 0.3 is 6.09 Å². The number of hydrogen-bond donors (Lipinski definition) is 1. The summed E-state index contributed by atoms with van der Waals surface area (Å²) < 4.78 is 18.0. The van der Waals surface area contributed by atoms with Crippen LogP contribution in [0.25, 0.3) is 11.1 Å². The highest BCUT2D eigenvalue weighted by Gasteiger charge is 2.37. The van der Waals surface area contributed by atoms with E-state index in [1.54, 1.807) is 17.0 Å². The monoisotopic (exact) mass is 531 g/mol. The molecule has 13 heteroatoms. The first-order valence-electron chi connectivity index (χ1n) is 12.0. The Morgan fingerprint density at radius 3 is 2.56 bits per heavy atom. The van der Waals surface area contributed by atoms with Crippen LogP contribution >= 0.6 is 23.2 Å². The lowest BCUT2D eigenvalue weighted by Gasteiger charge is -2.40. The third kappa shape index (κ3) is 5.84. The van der Waals surface area contributed by atoms with Crippen molar-refractivity contribution in [1.29, 1.82) is 0 Å². The second-order valence-corrected chi connectivity index (χ2v) is 11.9. The van der Waals surface area contributed by atoms with Gasteiger partial charge in [0.1, 0.15) is 47.2 Å². The van der Waals surface area contributed by atoms with Crippen molar-refractivity contribution >= 4 is 52.8 Å². The fraction of sp³-hybridized carbons (Fsp3) is 0.478.